The Bertz CT molecular complexity index is 478. The van der Waals surface area contributed by atoms with E-state index < -0.39 is 4.92 Å². The number of hydrogen-bond acceptors (Lipinski definition) is 5. The van der Waals surface area contributed by atoms with Gasteiger partial charge in [0, 0.05) is 7.05 Å². The summed E-state index contributed by atoms with van der Waals surface area (Å²) in [6.07, 6.45) is 4.49. The van der Waals surface area contributed by atoms with Gasteiger partial charge in [-0.15, -0.1) is 0 Å². The topological polar surface area (TPSA) is 96.2 Å². The second-order valence-corrected chi connectivity index (χ2v) is 5.19. The largest absolute Gasteiger partial charge is 0.471 e. The summed E-state index contributed by atoms with van der Waals surface area (Å²) in [7, 11) is 1.65. The van der Waals surface area contributed by atoms with Gasteiger partial charge in [0.1, 0.15) is 12.3 Å². The van der Waals surface area contributed by atoms with E-state index in [1.165, 1.54) is 4.68 Å². The SMILES string of the molecule is CCc1nn(C)c(OCC2(N)CCCC2)c1[N+](=O)[O-]. The highest BCUT2D eigenvalue weighted by molar-refractivity contribution is 5.46. The minimum Gasteiger partial charge on any atom is -0.471 e. The van der Waals surface area contributed by atoms with E-state index in [1.54, 1.807) is 7.05 Å². The van der Waals surface area contributed by atoms with Gasteiger partial charge >= 0.3 is 5.69 Å². The summed E-state index contributed by atoms with van der Waals surface area (Å²) >= 11 is 0. The van der Waals surface area contributed by atoms with E-state index in [9.17, 15) is 10.1 Å². The highest BCUT2D eigenvalue weighted by atomic mass is 16.6. The van der Waals surface area contributed by atoms with Crippen LogP contribution in [0.1, 0.15) is 38.3 Å². The molecular weight excluding hydrogens is 248 g/mol. The molecule has 2 rings (SSSR count). The average Bonchev–Trinajstić information content (AvgIpc) is 2.91. The lowest BCUT2D eigenvalue weighted by atomic mass is 10.0. The van der Waals surface area contributed by atoms with Crippen LogP contribution in [0, 0.1) is 10.1 Å². The van der Waals surface area contributed by atoms with Crippen molar-refractivity contribution in [3.05, 3.63) is 15.8 Å². The highest BCUT2D eigenvalue weighted by Crippen LogP contribution is 2.33. The van der Waals surface area contributed by atoms with Crippen LogP contribution in [0.25, 0.3) is 0 Å². The number of hydrogen-bond donors (Lipinski definition) is 1. The molecule has 0 radical (unpaired) electrons. The summed E-state index contributed by atoms with van der Waals surface area (Å²) in [5.74, 6) is 0.207. The van der Waals surface area contributed by atoms with Gasteiger partial charge in [-0.3, -0.25) is 10.1 Å². The first-order valence-corrected chi connectivity index (χ1v) is 6.59. The Hall–Kier alpha value is -1.63. The average molecular weight is 268 g/mol. The molecule has 1 saturated carbocycles. The van der Waals surface area contributed by atoms with Crippen LogP contribution >= 0.6 is 0 Å². The normalized spacial score (nSPS) is 17.6. The monoisotopic (exact) mass is 268 g/mol. The van der Waals surface area contributed by atoms with E-state index in [2.05, 4.69) is 5.10 Å². The van der Waals surface area contributed by atoms with Crippen molar-refractivity contribution < 1.29 is 9.66 Å². The molecule has 0 aromatic carbocycles. The van der Waals surface area contributed by atoms with Gasteiger partial charge in [-0.05, 0) is 19.3 Å². The number of ether oxygens (including phenoxy) is 1. The van der Waals surface area contributed by atoms with E-state index in [0.717, 1.165) is 25.7 Å². The third kappa shape index (κ3) is 2.70. The molecule has 1 aliphatic rings. The fraction of sp³-hybridized carbons (Fsp3) is 0.750. The number of nitrogens with zero attached hydrogens (tertiary/aromatic N) is 3. The molecule has 106 valence electrons. The maximum absolute atomic E-state index is 11.1. The second-order valence-electron chi connectivity index (χ2n) is 5.19. The lowest BCUT2D eigenvalue weighted by Crippen LogP contribution is -2.42. The highest BCUT2D eigenvalue weighted by Gasteiger charge is 2.33. The van der Waals surface area contributed by atoms with Gasteiger partial charge < -0.3 is 10.5 Å². The molecule has 1 aliphatic carbocycles. The van der Waals surface area contributed by atoms with Crippen molar-refractivity contribution in [2.45, 2.75) is 44.6 Å². The van der Waals surface area contributed by atoms with Crippen LogP contribution < -0.4 is 10.5 Å². The molecule has 19 heavy (non-hydrogen) atoms. The van der Waals surface area contributed by atoms with Gasteiger partial charge in [-0.2, -0.15) is 5.10 Å². The quantitative estimate of drug-likeness (QED) is 0.645. The van der Waals surface area contributed by atoms with E-state index in [4.69, 9.17) is 10.5 Å². The maximum Gasteiger partial charge on any atom is 0.353 e. The number of nitrogens with two attached hydrogens (primary N) is 1. The predicted molar refractivity (Wildman–Crippen MR) is 70.1 cm³/mol. The maximum atomic E-state index is 11.1. The fourth-order valence-electron chi connectivity index (χ4n) is 2.57. The third-order valence-corrected chi connectivity index (χ3v) is 3.65. The molecule has 0 atom stereocenters. The van der Waals surface area contributed by atoms with E-state index in [0.29, 0.717) is 18.7 Å². The smallest absolute Gasteiger partial charge is 0.353 e. The van der Waals surface area contributed by atoms with Crippen molar-refractivity contribution in [3.63, 3.8) is 0 Å². The molecule has 2 N–H and O–H groups in total. The van der Waals surface area contributed by atoms with Crippen LogP contribution in [0.5, 0.6) is 5.88 Å². The molecule has 1 fully saturated rings. The molecule has 0 unspecified atom stereocenters. The van der Waals surface area contributed by atoms with Crippen LogP contribution in [0.3, 0.4) is 0 Å². The van der Waals surface area contributed by atoms with E-state index in [-0.39, 0.29) is 17.1 Å². The van der Waals surface area contributed by atoms with E-state index in [1.807, 2.05) is 6.92 Å². The minimum absolute atomic E-state index is 0.0356. The minimum atomic E-state index is -0.432. The molecule has 7 nitrogen and oxygen atoms in total. The Morgan fingerprint density at radius 1 is 1.53 bits per heavy atom. The van der Waals surface area contributed by atoms with Gasteiger partial charge in [0.15, 0.2) is 0 Å². The Morgan fingerprint density at radius 3 is 2.68 bits per heavy atom. The van der Waals surface area contributed by atoms with Crippen molar-refractivity contribution in [1.29, 1.82) is 0 Å². The Balaban J connectivity index is 2.19. The van der Waals surface area contributed by atoms with E-state index >= 15 is 0 Å². The van der Waals surface area contributed by atoms with Crippen LogP contribution in [0.4, 0.5) is 5.69 Å². The summed E-state index contributed by atoms with van der Waals surface area (Å²) in [6, 6.07) is 0. The Labute approximate surface area is 111 Å². The van der Waals surface area contributed by atoms with Gasteiger partial charge in [-0.25, -0.2) is 4.68 Å². The molecular formula is C12H20N4O3. The van der Waals surface area contributed by atoms with Gasteiger partial charge in [0.2, 0.25) is 0 Å². The van der Waals surface area contributed by atoms with Gasteiger partial charge in [0.25, 0.3) is 5.88 Å². The lowest BCUT2D eigenvalue weighted by Gasteiger charge is -2.23. The summed E-state index contributed by atoms with van der Waals surface area (Å²) < 4.78 is 7.06. The fourth-order valence-corrected chi connectivity index (χ4v) is 2.57. The van der Waals surface area contributed by atoms with Crippen LogP contribution in [0.2, 0.25) is 0 Å². The number of rotatable bonds is 5. The first-order chi connectivity index (χ1) is 8.97. The molecule has 0 amide bonds. The summed E-state index contributed by atoms with van der Waals surface area (Å²) in [5.41, 5.74) is 6.25. The van der Waals surface area contributed by atoms with Crippen LogP contribution in [-0.4, -0.2) is 26.8 Å². The van der Waals surface area contributed by atoms with Crippen LogP contribution in [0.15, 0.2) is 0 Å². The molecule has 0 saturated heterocycles. The van der Waals surface area contributed by atoms with Crippen molar-refractivity contribution in [3.8, 4) is 5.88 Å². The van der Waals surface area contributed by atoms with Crippen molar-refractivity contribution in [2.24, 2.45) is 12.8 Å². The zero-order chi connectivity index (χ0) is 14.0. The third-order valence-electron chi connectivity index (χ3n) is 3.65. The number of aryl methyl sites for hydroxylation is 2. The second kappa shape index (κ2) is 5.16. The summed E-state index contributed by atoms with van der Waals surface area (Å²) in [6.45, 7) is 2.14. The zero-order valence-electron chi connectivity index (χ0n) is 11.4. The Kier molecular flexibility index (Phi) is 3.75. The summed E-state index contributed by atoms with van der Waals surface area (Å²) in [4.78, 5) is 10.7. The number of aromatic nitrogens is 2. The Morgan fingerprint density at radius 2 is 2.16 bits per heavy atom. The molecule has 1 aromatic rings. The lowest BCUT2D eigenvalue weighted by molar-refractivity contribution is -0.386. The van der Waals surface area contributed by atoms with Crippen molar-refractivity contribution in [2.75, 3.05) is 6.61 Å². The molecule has 0 aliphatic heterocycles. The number of nitro groups is 1. The van der Waals surface area contributed by atoms with Gasteiger partial charge in [-0.1, -0.05) is 19.8 Å². The van der Waals surface area contributed by atoms with Crippen molar-refractivity contribution >= 4 is 5.69 Å². The zero-order valence-corrected chi connectivity index (χ0v) is 11.4. The van der Waals surface area contributed by atoms with Crippen LogP contribution in [-0.2, 0) is 13.5 Å². The molecule has 1 aromatic heterocycles. The summed E-state index contributed by atoms with van der Waals surface area (Å²) in [5, 5.41) is 15.3. The molecule has 7 heteroatoms. The first kappa shape index (κ1) is 13.8. The predicted octanol–water partition coefficient (Wildman–Crippen LogP) is 1.54. The van der Waals surface area contributed by atoms with Crippen molar-refractivity contribution in [1.82, 2.24) is 9.78 Å². The standard InChI is InChI=1S/C12H20N4O3/c1-3-9-10(16(17)18)11(15(2)14-9)19-8-12(13)6-4-5-7-12/h3-8,13H2,1-2H3. The molecule has 0 spiro atoms. The first-order valence-electron chi connectivity index (χ1n) is 6.59. The molecule has 1 heterocycles. The molecule has 0 bridgehead atoms. The van der Waals surface area contributed by atoms with Gasteiger partial charge in [0.05, 0.1) is 10.5 Å².